The summed E-state index contributed by atoms with van der Waals surface area (Å²) in [6, 6.07) is 7.70. The first-order valence-electron chi connectivity index (χ1n) is 7.40. The van der Waals surface area contributed by atoms with E-state index in [1.807, 2.05) is 36.1 Å². The van der Waals surface area contributed by atoms with Crippen LogP contribution in [0.2, 0.25) is 0 Å². The van der Waals surface area contributed by atoms with Crippen LogP contribution in [-0.2, 0) is 0 Å². The second kappa shape index (κ2) is 4.69. The molecule has 0 spiro atoms. The highest BCUT2D eigenvalue weighted by Gasteiger charge is 2.37. The fraction of sp³-hybridized carbons (Fsp3) is 0.438. The van der Waals surface area contributed by atoms with E-state index in [1.165, 1.54) is 12.8 Å². The Bertz CT molecular complexity index is 684. The summed E-state index contributed by atoms with van der Waals surface area (Å²) in [6.45, 7) is 3.33. The normalized spacial score (nSPS) is 18.6. The van der Waals surface area contributed by atoms with Crippen molar-refractivity contribution in [1.29, 1.82) is 0 Å². The van der Waals surface area contributed by atoms with Crippen LogP contribution >= 0.6 is 0 Å². The lowest BCUT2D eigenvalue weighted by molar-refractivity contribution is 0.0569. The van der Waals surface area contributed by atoms with Gasteiger partial charge in [0.2, 0.25) is 5.89 Å². The van der Waals surface area contributed by atoms with Crippen molar-refractivity contribution in [3.63, 3.8) is 0 Å². The summed E-state index contributed by atoms with van der Waals surface area (Å²) in [4.78, 5) is 18.6. The molecule has 5 heteroatoms. The number of amides is 1. The SMILES string of the molecule is Cc1cccc(C(=O)N2CC(c3nc(C4CC4)no3)C2)c1. The van der Waals surface area contributed by atoms with Gasteiger partial charge in [0.1, 0.15) is 0 Å². The number of hydrogen-bond donors (Lipinski definition) is 0. The maximum Gasteiger partial charge on any atom is 0.253 e. The molecule has 2 fully saturated rings. The average Bonchev–Trinajstić information content (AvgIpc) is 3.17. The zero-order chi connectivity index (χ0) is 14.4. The third-order valence-electron chi connectivity index (χ3n) is 4.18. The van der Waals surface area contributed by atoms with Gasteiger partial charge in [-0.3, -0.25) is 4.79 Å². The van der Waals surface area contributed by atoms with Crippen LogP contribution in [0.1, 0.15) is 52.3 Å². The van der Waals surface area contributed by atoms with Crippen molar-refractivity contribution in [3.05, 3.63) is 47.1 Å². The van der Waals surface area contributed by atoms with E-state index in [4.69, 9.17) is 4.52 Å². The smallest absolute Gasteiger partial charge is 0.253 e. The van der Waals surface area contributed by atoms with Gasteiger partial charge in [-0.2, -0.15) is 4.98 Å². The molecule has 1 aliphatic carbocycles. The summed E-state index contributed by atoms with van der Waals surface area (Å²) >= 11 is 0. The molecule has 1 saturated heterocycles. The van der Waals surface area contributed by atoms with Gasteiger partial charge in [0.05, 0.1) is 5.92 Å². The predicted octanol–water partition coefficient (Wildman–Crippen LogP) is 2.50. The first-order valence-corrected chi connectivity index (χ1v) is 7.40. The fourth-order valence-corrected chi connectivity index (χ4v) is 2.68. The molecule has 1 aromatic heterocycles. The Morgan fingerprint density at radius 2 is 2.10 bits per heavy atom. The Kier molecular flexibility index (Phi) is 2.80. The summed E-state index contributed by atoms with van der Waals surface area (Å²) < 4.78 is 5.32. The van der Waals surface area contributed by atoms with Gasteiger partial charge in [-0.25, -0.2) is 0 Å². The van der Waals surface area contributed by atoms with Crippen LogP contribution < -0.4 is 0 Å². The second-order valence-electron chi connectivity index (χ2n) is 6.04. The van der Waals surface area contributed by atoms with Crippen molar-refractivity contribution in [1.82, 2.24) is 15.0 Å². The number of benzene rings is 1. The molecule has 2 heterocycles. The Balaban J connectivity index is 1.40. The van der Waals surface area contributed by atoms with Gasteiger partial charge in [-0.05, 0) is 31.9 Å². The zero-order valence-corrected chi connectivity index (χ0v) is 12.0. The van der Waals surface area contributed by atoms with Crippen molar-refractivity contribution in [2.75, 3.05) is 13.1 Å². The second-order valence-corrected chi connectivity index (χ2v) is 6.04. The van der Waals surface area contributed by atoms with Gasteiger partial charge in [-0.15, -0.1) is 0 Å². The van der Waals surface area contributed by atoms with Crippen LogP contribution in [0.25, 0.3) is 0 Å². The highest BCUT2D eigenvalue weighted by atomic mass is 16.5. The Morgan fingerprint density at radius 3 is 2.81 bits per heavy atom. The lowest BCUT2D eigenvalue weighted by Crippen LogP contribution is -2.48. The topological polar surface area (TPSA) is 59.2 Å². The average molecular weight is 283 g/mol. The Morgan fingerprint density at radius 1 is 1.29 bits per heavy atom. The van der Waals surface area contributed by atoms with E-state index in [2.05, 4.69) is 10.1 Å². The highest BCUT2D eigenvalue weighted by molar-refractivity contribution is 5.95. The van der Waals surface area contributed by atoms with Crippen LogP contribution in [-0.4, -0.2) is 34.0 Å². The lowest BCUT2D eigenvalue weighted by Gasteiger charge is -2.37. The van der Waals surface area contributed by atoms with Gasteiger partial charge in [0.25, 0.3) is 5.91 Å². The Labute approximate surface area is 123 Å². The molecule has 21 heavy (non-hydrogen) atoms. The zero-order valence-electron chi connectivity index (χ0n) is 12.0. The summed E-state index contributed by atoms with van der Waals surface area (Å²) in [5, 5.41) is 4.03. The van der Waals surface area contributed by atoms with Gasteiger partial charge in [0, 0.05) is 24.6 Å². The molecule has 1 saturated carbocycles. The monoisotopic (exact) mass is 283 g/mol. The summed E-state index contributed by atoms with van der Waals surface area (Å²) in [5.41, 5.74) is 1.85. The molecule has 2 aliphatic rings. The van der Waals surface area contributed by atoms with Gasteiger partial charge in [-0.1, -0.05) is 22.9 Å². The van der Waals surface area contributed by atoms with Gasteiger partial charge < -0.3 is 9.42 Å². The number of hydrogen-bond acceptors (Lipinski definition) is 4. The fourth-order valence-electron chi connectivity index (χ4n) is 2.68. The number of carbonyl (C=O) groups is 1. The van der Waals surface area contributed by atoms with Crippen LogP contribution in [0.15, 0.2) is 28.8 Å². The molecule has 1 aliphatic heterocycles. The van der Waals surface area contributed by atoms with Gasteiger partial charge in [0.15, 0.2) is 5.82 Å². The minimum absolute atomic E-state index is 0.0804. The molecular weight excluding hydrogens is 266 g/mol. The third kappa shape index (κ3) is 2.33. The van der Waals surface area contributed by atoms with Crippen molar-refractivity contribution < 1.29 is 9.32 Å². The van der Waals surface area contributed by atoms with Crippen LogP contribution in [0.3, 0.4) is 0 Å². The molecule has 0 N–H and O–H groups in total. The number of nitrogens with zero attached hydrogens (tertiary/aromatic N) is 3. The van der Waals surface area contributed by atoms with Crippen LogP contribution in [0.5, 0.6) is 0 Å². The molecular formula is C16H17N3O2. The highest BCUT2D eigenvalue weighted by Crippen LogP contribution is 2.39. The first-order chi connectivity index (χ1) is 10.2. The molecule has 2 aromatic rings. The molecule has 0 unspecified atom stereocenters. The van der Waals surface area contributed by atoms with Crippen molar-refractivity contribution in [2.24, 2.45) is 0 Å². The minimum atomic E-state index is 0.0804. The first kappa shape index (κ1) is 12.6. The van der Waals surface area contributed by atoms with E-state index in [0.29, 0.717) is 24.9 Å². The standard InChI is InChI=1S/C16H17N3O2/c1-10-3-2-4-12(7-10)16(20)19-8-13(9-19)15-17-14(18-21-15)11-5-6-11/h2-4,7,11,13H,5-6,8-9H2,1H3. The summed E-state index contributed by atoms with van der Waals surface area (Å²) in [6.07, 6.45) is 2.34. The lowest BCUT2D eigenvalue weighted by atomic mass is 9.98. The quantitative estimate of drug-likeness (QED) is 0.868. The summed E-state index contributed by atoms with van der Waals surface area (Å²) in [7, 11) is 0. The van der Waals surface area contributed by atoms with E-state index in [-0.39, 0.29) is 11.8 Å². The van der Waals surface area contributed by atoms with E-state index in [9.17, 15) is 4.79 Å². The van der Waals surface area contributed by atoms with E-state index >= 15 is 0 Å². The largest absolute Gasteiger partial charge is 0.339 e. The predicted molar refractivity (Wildman–Crippen MR) is 76.1 cm³/mol. The molecule has 4 rings (SSSR count). The van der Waals surface area contributed by atoms with Crippen molar-refractivity contribution in [2.45, 2.75) is 31.6 Å². The molecule has 0 radical (unpaired) electrons. The summed E-state index contributed by atoms with van der Waals surface area (Å²) in [5.74, 6) is 2.31. The van der Waals surface area contributed by atoms with Crippen LogP contribution in [0.4, 0.5) is 0 Å². The van der Waals surface area contributed by atoms with E-state index in [0.717, 1.165) is 17.0 Å². The third-order valence-corrected chi connectivity index (χ3v) is 4.18. The number of aromatic nitrogens is 2. The molecule has 0 bridgehead atoms. The van der Waals surface area contributed by atoms with E-state index in [1.54, 1.807) is 0 Å². The van der Waals surface area contributed by atoms with Crippen molar-refractivity contribution >= 4 is 5.91 Å². The minimum Gasteiger partial charge on any atom is -0.339 e. The number of aryl methyl sites for hydroxylation is 1. The van der Waals surface area contributed by atoms with Crippen molar-refractivity contribution in [3.8, 4) is 0 Å². The van der Waals surface area contributed by atoms with Gasteiger partial charge >= 0.3 is 0 Å². The van der Waals surface area contributed by atoms with Crippen LogP contribution in [0, 0.1) is 6.92 Å². The molecule has 5 nitrogen and oxygen atoms in total. The number of carbonyl (C=O) groups excluding carboxylic acids is 1. The molecule has 1 aromatic carbocycles. The Hall–Kier alpha value is -2.17. The maximum absolute atomic E-state index is 12.3. The van der Waals surface area contributed by atoms with E-state index < -0.39 is 0 Å². The maximum atomic E-state index is 12.3. The molecule has 108 valence electrons. The molecule has 0 atom stereocenters. The number of likely N-dealkylation sites (tertiary alicyclic amines) is 1. The number of rotatable bonds is 3. The molecule has 1 amide bonds.